The number of aryl methyl sites for hydroxylation is 1. The molecule has 0 saturated heterocycles. The number of halogens is 1. The number of ether oxygens (including phenoxy) is 2. The number of fused-ring (bicyclic) bond motifs is 1. The van der Waals surface area contributed by atoms with E-state index in [1.54, 1.807) is 0 Å². The van der Waals surface area contributed by atoms with Crippen molar-refractivity contribution in [2.75, 3.05) is 6.79 Å². The highest BCUT2D eigenvalue weighted by Gasteiger charge is 2.28. The Labute approximate surface area is 94.1 Å². The van der Waals surface area contributed by atoms with Crippen molar-refractivity contribution in [2.45, 2.75) is 26.3 Å². The van der Waals surface area contributed by atoms with Crippen molar-refractivity contribution in [3.63, 3.8) is 0 Å². The van der Waals surface area contributed by atoms with Crippen LogP contribution >= 0.6 is 11.6 Å². The molecular weight excluding hydrogens is 214 g/mol. The first-order valence-corrected chi connectivity index (χ1v) is 5.17. The molecule has 0 spiro atoms. The second-order valence-electron chi connectivity index (χ2n) is 4.34. The van der Waals surface area contributed by atoms with Crippen LogP contribution in [0.5, 0.6) is 11.5 Å². The lowest BCUT2D eigenvalue weighted by Crippen LogP contribution is -2.30. The van der Waals surface area contributed by atoms with Crippen molar-refractivity contribution in [1.82, 2.24) is 0 Å². The normalized spacial score (nSPS) is 14.5. The molecule has 0 bridgehead atoms. The molecule has 0 radical (unpaired) electrons. The molecule has 0 aromatic heterocycles. The molecule has 3 nitrogen and oxygen atoms in total. The highest BCUT2D eigenvalue weighted by molar-refractivity contribution is 6.33. The summed E-state index contributed by atoms with van der Waals surface area (Å²) in [4.78, 5) is 0. The minimum Gasteiger partial charge on any atom is -0.454 e. The minimum absolute atomic E-state index is 0.225. The number of benzene rings is 1. The van der Waals surface area contributed by atoms with Crippen LogP contribution in [0.3, 0.4) is 0 Å². The first kappa shape index (κ1) is 10.6. The fraction of sp³-hybridized carbons (Fsp3) is 0.455. The van der Waals surface area contributed by atoms with Crippen LogP contribution in [0, 0.1) is 6.92 Å². The van der Waals surface area contributed by atoms with Crippen LogP contribution in [0.1, 0.15) is 25.0 Å². The largest absolute Gasteiger partial charge is 0.454 e. The van der Waals surface area contributed by atoms with E-state index in [0.29, 0.717) is 16.5 Å². The van der Waals surface area contributed by atoms with Gasteiger partial charge in [-0.2, -0.15) is 0 Å². The third-order valence-electron chi connectivity index (χ3n) is 2.45. The smallest absolute Gasteiger partial charge is 0.231 e. The molecule has 0 amide bonds. The Hall–Kier alpha value is -0.930. The van der Waals surface area contributed by atoms with Gasteiger partial charge < -0.3 is 15.2 Å². The third-order valence-corrected chi connectivity index (χ3v) is 2.81. The molecule has 82 valence electrons. The Balaban J connectivity index is 2.67. The monoisotopic (exact) mass is 227 g/mol. The summed E-state index contributed by atoms with van der Waals surface area (Å²) in [7, 11) is 0. The Bertz CT molecular complexity index is 410. The van der Waals surface area contributed by atoms with Gasteiger partial charge in [0.05, 0.1) is 5.02 Å². The molecule has 1 aromatic carbocycles. The highest BCUT2D eigenvalue weighted by Crippen LogP contribution is 2.45. The molecule has 15 heavy (non-hydrogen) atoms. The summed E-state index contributed by atoms with van der Waals surface area (Å²) in [6.45, 7) is 6.04. The van der Waals surface area contributed by atoms with Crippen LogP contribution in [-0.4, -0.2) is 6.79 Å². The van der Waals surface area contributed by atoms with Crippen LogP contribution in [-0.2, 0) is 5.54 Å². The summed E-state index contributed by atoms with van der Waals surface area (Å²) in [5.74, 6) is 1.31. The van der Waals surface area contributed by atoms with E-state index in [0.717, 1.165) is 11.1 Å². The maximum Gasteiger partial charge on any atom is 0.231 e. The average molecular weight is 228 g/mol. The van der Waals surface area contributed by atoms with Gasteiger partial charge in [0.2, 0.25) is 6.79 Å². The van der Waals surface area contributed by atoms with Gasteiger partial charge in [-0.1, -0.05) is 11.6 Å². The average Bonchev–Trinajstić information content (AvgIpc) is 2.48. The molecule has 0 aliphatic carbocycles. The van der Waals surface area contributed by atoms with Gasteiger partial charge in [-0.25, -0.2) is 0 Å². The number of nitrogens with two attached hydrogens (primary N) is 1. The van der Waals surface area contributed by atoms with E-state index in [-0.39, 0.29) is 6.79 Å². The molecule has 2 N–H and O–H groups in total. The lowest BCUT2D eigenvalue weighted by molar-refractivity contribution is 0.174. The van der Waals surface area contributed by atoms with Gasteiger partial charge in [0.1, 0.15) is 0 Å². The standard InChI is InChI=1S/C11H14ClNO2/c1-6-4-7-10(15-5-14-7)9(12)8(6)11(2,3)13/h4H,5,13H2,1-3H3. The van der Waals surface area contributed by atoms with Gasteiger partial charge in [0.15, 0.2) is 11.5 Å². The van der Waals surface area contributed by atoms with Gasteiger partial charge in [0, 0.05) is 5.54 Å². The Kier molecular flexibility index (Phi) is 2.32. The Morgan fingerprint density at radius 3 is 2.67 bits per heavy atom. The van der Waals surface area contributed by atoms with Crippen LogP contribution in [0.15, 0.2) is 6.07 Å². The second kappa shape index (κ2) is 3.29. The summed E-state index contributed by atoms with van der Waals surface area (Å²) in [6.07, 6.45) is 0. The zero-order valence-electron chi connectivity index (χ0n) is 9.06. The third kappa shape index (κ3) is 1.66. The molecule has 0 unspecified atom stereocenters. The van der Waals surface area contributed by atoms with Gasteiger partial charge in [-0.3, -0.25) is 0 Å². The predicted molar refractivity (Wildman–Crippen MR) is 59.5 cm³/mol. The lowest BCUT2D eigenvalue weighted by atomic mass is 9.91. The molecule has 0 atom stereocenters. The molecule has 1 aliphatic rings. The first-order chi connectivity index (χ1) is 6.91. The van der Waals surface area contributed by atoms with E-state index in [1.807, 2.05) is 26.8 Å². The van der Waals surface area contributed by atoms with Crippen LogP contribution in [0.2, 0.25) is 5.02 Å². The quantitative estimate of drug-likeness (QED) is 0.802. The molecule has 1 heterocycles. The molecule has 0 saturated carbocycles. The van der Waals surface area contributed by atoms with Crippen molar-refractivity contribution in [3.8, 4) is 11.5 Å². The van der Waals surface area contributed by atoms with Crippen molar-refractivity contribution < 1.29 is 9.47 Å². The second-order valence-corrected chi connectivity index (χ2v) is 4.72. The highest BCUT2D eigenvalue weighted by atomic mass is 35.5. The van der Waals surface area contributed by atoms with E-state index in [4.69, 9.17) is 26.8 Å². The molecule has 1 aromatic rings. The van der Waals surface area contributed by atoms with E-state index in [9.17, 15) is 0 Å². The number of rotatable bonds is 1. The Morgan fingerprint density at radius 2 is 2.07 bits per heavy atom. The van der Waals surface area contributed by atoms with Crippen LogP contribution < -0.4 is 15.2 Å². The minimum atomic E-state index is -0.484. The SMILES string of the molecule is Cc1cc2c(c(Cl)c1C(C)(C)N)OCO2. The van der Waals surface area contributed by atoms with E-state index < -0.39 is 5.54 Å². The molecule has 2 rings (SSSR count). The van der Waals surface area contributed by atoms with Gasteiger partial charge in [-0.15, -0.1) is 0 Å². The topological polar surface area (TPSA) is 44.5 Å². The zero-order chi connectivity index (χ0) is 11.2. The van der Waals surface area contributed by atoms with Gasteiger partial charge in [0.25, 0.3) is 0 Å². The number of hydrogen-bond acceptors (Lipinski definition) is 3. The molecular formula is C11H14ClNO2. The summed E-state index contributed by atoms with van der Waals surface area (Å²) in [5.41, 5.74) is 7.52. The van der Waals surface area contributed by atoms with Crippen molar-refractivity contribution >= 4 is 11.6 Å². The molecule has 0 fully saturated rings. The Morgan fingerprint density at radius 1 is 1.40 bits per heavy atom. The molecule has 4 heteroatoms. The van der Waals surface area contributed by atoms with Gasteiger partial charge >= 0.3 is 0 Å². The fourth-order valence-corrected chi connectivity index (χ4v) is 2.45. The van der Waals surface area contributed by atoms with E-state index in [1.165, 1.54) is 0 Å². The summed E-state index contributed by atoms with van der Waals surface area (Å²) in [5, 5.41) is 0.565. The molecule has 1 aliphatic heterocycles. The van der Waals surface area contributed by atoms with Crippen molar-refractivity contribution in [3.05, 3.63) is 22.2 Å². The van der Waals surface area contributed by atoms with Crippen molar-refractivity contribution in [1.29, 1.82) is 0 Å². The zero-order valence-corrected chi connectivity index (χ0v) is 9.81. The van der Waals surface area contributed by atoms with Crippen molar-refractivity contribution in [2.24, 2.45) is 5.73 Å². The maximum atomic E-state index is 6.26. The van der Waals surface area contributed by atoms with E-state index in [2.05, 4.69) is 0 Å². The van der Waals surface area contributed by atoms with E-state index >= 15 is 0 Å². The number of hydrogen-bond donors (Lipinski definition) is 1. The van der Waals surface area contributed by atoms with Gasteiger partial charge in [-0.05, 0) is 38.0 Å². The van der Waals surface area contributed by atoms with Crippen LogP contribution in [0.25, 0.3) is 0 Å². The van der Waals surface area contributed by atoms with Crippen LogP contribution in [0.4, 0.5) is 0 Å². The first-order valence-electron chi connectivity index (χ1n) is 4.79. The maximum absolute atomic E-state index is 6.26. The fourth-order valence-electron chi connectivity index (χ4n) is 1.91. The summed E-state index contributed by atoms with van der Waals surface area (Å²) < 4.78 is 10.6. The lowest BCUT2D eigenvalue weighted by Gasteiger charge is -2.23. The predicted octanol–water partition coefficient (Wildman–Crippen LogP) is 2.57. The summed E-state index contributed by atoms with van der Waals surface area (Å²) in [6, 6.07) is 1.91. The summed E-state index contributed by atoms with van der Waals surface area (Å²) >= 11 is 6.26.